The van der Waals surface area contributed by atoms with E-state index in [1.165, 1.54) is 7.11 Å². The van der Waals surface area contributed by atoms with Gasteiger partial charge in [0.25, 0.3) is 0 Å². The first kappa shape index (κ1) is 14.8. The van der Waals surface area contributed by atoms with Crippen molar-refractivity contribution >= 4 is 9.84 Å². The maximum Gasteiger partial charge on any atom is 0.147 e. The van der Waals surface area contributed by atoms with Gasteiger partial charge in [-0.05, 0) is 25.8 Å². The molecule has 15 heavy (non-hydrogen) atoms. The lowest BCUT2D eigenvalue weighted by Crippen LogP contribution is -2.32. The second kappa shape index (κ2) is 6.40. The molecule has 0 saturated carbocycles. The molecule has 0 aliphatic heterocycles. The van der Waals surface area contributed by atoms with E-state index < -0.39 is 15.5 Å². The van der Waals surface area contributed by atoms with Crippen molar-refractivity contribution in [3.8, 4) is 0 Å². The number of halogens is 1. The van der Waals surface area contributed by atoms with Crippen LogP contribution in [-0.4, -0.2) is 46.4 Å². The van der Waals surface area contributed by atoms with Crippen molar-refractivity contribution in [2.45, 2.75) is 24.9 Å². The van der Waals surface area contributed by atoms with E-state index in [1.54, 1.807) is 0 Å². The molecule has 0 bridgehead atoms. The molecule has 92 valence electrons. The van der Waals surface area contributed by atoms with Gasteiger partial charge in [0.1, 0.15) is 15.5 Å². The molecule has 0 aliphatic carbocycles. The van der Waals surface area contributed by atoms with E-state index in [1.807, 2.05) is 0 Å². The molecule has 0 spiro atoms. The van der Waals surface area contributed by atoms with Crippen LogP contribution in [-0.2, 0) is 14.6 Å². The average molecular weight is 241 g/mol. The Bertz CT molecular complexity index is 269. The summed E-state index contributed by atoms with van der Waals surface area (Å²) in [6.45, 7) is 0.316. The fourth-order valence-corrected chi connectivity index (χ4v) is 2.05. The Kier molecular flexibility index (Phi) is 6.31. The van der Waals surface area contributed by atoms with E-state index in [4.69, 9.17) is 10.5 Å². The minimum absolute atomic E-state index is 0.0281. The van der Waals surface area contributed by atoms with Crippen molar-refractivity contribution in [1.29, 1.82) is 0 Å². The first-order valence-electron chi connectivity index (χ1n) is 4.89. The highest BCUT2D eigenvalue weighted by Crippen LogP contribution is 2.23. The molecule has 1 unspecified atom stereocenters. The minimum atomic E-state index is -3.13. The molecule has 0 heterocycles. The molecular formula is C9H20FNO3S. The maximum atomic E-state index is 14.1. The zero-order valence-corrected chi connectivity index (χ0v) is 10.1. The molecule has 0 aromatic heterocycles. The van der Waals surface area contributed by atoms with E-state index in [2.05, 4.69) is 0 Å². The zero-order chi connectivity index (χ0) is 11.9. The molecular weight excluding hydrogens is 221 g/mol. The van der Waals surface area contributed by atoms with Crippen LogP contribution >= 0.6 is 0 Å². The van der Waals surface area contributed by atoms with Crippen LogP contribution in [0.2, 0.25) is 0 Å². The average Bonchev–Trinajstić information content (AvgIpc) is 2.12. The van der Waals surface area contributed by atoms with Crippen LogP contribution in [0, 0.1) is 0 Å². The largest absolute Gasteiger partial charge is 0.381 e. The lowest BCUT2D eigenvalue weighted by Gasteiger charge is -2.23. The van der Waals surface area contributed by atoms with Gasteiger partial charge in [-0.25, -0.2) is 12.8 Å². The van der Waals surface area contributed by atoms with Crippen molar-refractivity contribution in [3.63, 3.8) is 0 Å². The SMILES string of the molecule is COCC(F)(CCCN)CCS(C)(=O)=O. The Morgan fingerprint density at radius 3 is 2.40 bits per heavy atom. The van der Waals surface area contributed by atoms with Gasteiger partial charge in [-0.2, -0.15) is 0 Å². The first-order chi connectivity index (χ1) is 6.83. The van der Waals surface area contributed by atoms with Crippen LogP contribution in [0.3, 0.4) is 0 Å². The second-order valence-electron chi connectivity index (χ2n) is 3.86. The van der Waals surface area contributed by atoms with Crippen molar-refractivity contribution in [3.05, 3.63) is 0 Å². The lowest BCUT2D eigenvalue weighted by atomic mass is 9.98. The molecule has 0 rings (SSSR count). The van der Waals surface area contributed by atoms with Gasteiger partial charge in [0.15, 0.2) is 0 Å². The van der Waals surface area contributed by atoms with Crippen LogP contribution in [0.15, 0.2) is 0 Å². The van der Waals surface area contributed by atoms with Gasteiger partial charge >= 0.3 is 0 Å². The van der Waals surface area contributed by atoms with Crippen LogP contribution in [0.5, 0.6) is 0 Å². The third-order valence-electron chi connectivity index (χ3n) is 2.15. The van der Waals surface area contributed by atoms with Crippen molar-refractivity contribution < 1.29 is 17.5 Å². The predicted octanol–water partition coefficient (Wildman–Crippen LogP) is 0.515. The smallest absolute Gasteiger partial charge is 0.147 e. The molecule has 0 saturated heterocycles. The fourth-order valence-electron chi connectivity index (χ4n) is 1.32. The van der Waals surface area contributed by atoms with Gasteiger partial charge in [0, 0.05) is 13.4 Å². The number of sulfone groups is 1. The molecule has 0 aliphatic rings. The topological polar surface area (TPSA) is 69.4 Å². The van der Waals surface area contributed by atoms with E-state index >= 15 is 0 Å². The van der Waals surface area contributed by atoms with Crippen molar-refractivity contribution in [1.82, 2.24) is 0 Å². The number of rotatable bonds is 8. The van der Waals surface area contributed by atoms with Gasteiger partial charge in [0.2, 0.25) is 0 Å². The minimum Gasteiger partial charge on any atom is -0.381 e. The fraction of sp³-hybridized carbons (Fsp3) is 1.00. The van der Waals surface area contributed by atoms with Crippen LogP contribution in [0.4, 0.5) is 4.39 Å². The quantitative estimate of drug-likeness (QED) is 0.672. The van der Waals surface area contributed by atoms with Crippen LogP contribution in [0.1, 0.15) is 19.3 Å². The first-order valence-corrected chi connectivity index (χ1v) is 6.95. The summed E-state index contributed by atoms with van der Waals surface area (Å²) in [5.74, 6) is -0.155. The Morgan fingerprint density at radius 1 is 1.40 bits per heavy atom. The summed E-state index contributed by atoms with van der Waals surface area (Å²) in [5, 5.41) is 0. The summed E-state index contributed by atoms with van der Waals surface area (Å²) in [4.78, 5) is 0. The van der Waals surface area contributed by atoms with Crippen molar-refractivity contribution in [2.75, 3.05) is 32.3 Å². The highest BCUT2D eigenvalue weighted by atomic mass is 32.2. The van der Waals surface area contributed by atoms with Gasteiger partial charge in [-0.15, -0.1) is 0 Å². The number of hydrogen-bond acceptors (Lipinski definition) is 4. The molecule has 0 amide bonds. The number of ether oxygens (including phenoxy) is 1. The predicted molar refractivity (Wildman–Crippen MR) is 58.3 cm³/mol. The van der Waals surface area contributed by atoms with E-state index in [-0.39, 0.29) is 25.2 Å². The number of methoxy groups -OCH3 is 1. The molecule has 1 atom stereocenters. The Hall–Kier alpha value is -0.200. The number of hydrogen-bond donors (Lipinski definition) is 1. The monoisotopic (exact) mass is 241 g/mol. The second-order valence-corrected chi connectivity index (χ2v) is 6.12. The van der Waals surface area contributed by atoms with Crippen LogP contribution < -0.4 is 5.73 Å². The zero-order valence-electron chi connectivity index (χ0n) is 9.33. The molecule has 0 aromatic carbocycles. The summed E-state index contributed by atoms with van der Waals surface area (Å²) in [5.41, 5.74) is 3.72. The van der Waals surface area contributed by atoms with E-state index in [0.29, 0.717) is 13.0 Å². The third-order valence-corrected chi connectivity index (χ3v) is 3.10. The molecule has 4 nitrogen and oxygen atoms in total. The normalized spacial score (nSPS) is 16.3. The van der Waals surface area contributed by atoms with Gasteiger partial charge < -0.3 is 10.5 Å². The molecule has 0 radical (unpaired) electrons. The molecule has 6 heteroatoms. The highest BCUT2D eigenvalue weighted by Gasteiger charge is 2.30. The van der Waals surface area contributed by atoms with Gasteiger partial charge in [-0.3, -0.25) is 0 Å². The highest BCUT2D eigenvalue weighted by molar-refractivity contribution is 7.90. The number of nitrogens with two attached hydrogens (primary N) is 1. The van der Waals surface area contributed by atoms with E-state index in [9.17, 15) is 12.8 Å². The summed E-state index contributed by atoms with van der Waals surface area (Å²) in [6, 6.07) is 0. The number of alkyl halides is 1. The Labute approximate surface area is 90.9 Å². The van der Waals surface area contributed by atoms with Crippen molar-refractivity contribution in [2.24, 2.45) is 5.73 Å². The molecule has 0 fully saturated rings. The van der Waals surface area contributed by atoms with Gasteiger partial charge in [0.05, 0.1) is 12.4 Å². The lowest BCUT2D eigenvalue weighted by molar-refractivity contribution is 0.0309. The van der Waals surface area contributed by atoms with Crippen LogP contribution in [0.25, 0.3) is 0 Å². The van der Waals surface area contributed by atoms with E-state index in [0.717, 1.165) is 6.26 Å². The summed E-state index contributed by atoms with van der Waals surface area (Å²) < 4.78 is 40.7. The molecule has 2 N–H and O–H groups in total. The Balaban J connectivity index is 4.24. The summed E-state index contributed by atoms with van der Waals surface area (Å²) >= 11 is 0. The summed E-state index contributed by atoms with van der Waals surface area (Å²) in [6.07, 6.45) is 1.85. The Morgan fingerprint density at radius 2 is 2.00 bits per heavy atom. The molecule has 0 aromatic rings. The summed E-state index contributed by atoms with van der Waals surface area (Å²) in [7, 11) is -1.73. The third kappa shape index (κ3) is 7.70. The van der Waals surface area contributed by atoms with Gasteiger partial charge in [-0.1, -0.05) is 0 Å². The standard InChI is InChI=1S/C9H20FNO3S/c1-14-8-9(10,4-3-6-11)5-7-15(2,12)13/h3-8,11H2,1-2H3. The maximum absolute atomic E-state index is 14.1.